The molecule has 0 aromatic heterocycles. The highest BCUT2D eigenvalue weighted by Gasteiger charge is 2.20. The first-order chi connectivity index (χ1) is 15.4. The molecule has 32 heavy (non-hydrogen) atoms. The molecule has 1 amide bonds. The zero-order valence-electron chi connectivity index (χ0n) is 17.3. The Morgan fingerprint density at radius 2 is 1.69 bits per heavy atom. The molecule has 0 aliphatic heterocycles. The third-order valence-corrected chi connectivity index (χ3v) is 7.13. The van der Waals surface area contributed by atoms with E-state index in [1.165, 1.54) is 29.3 Å². The highest BCUT2D eigenvalue weighted by Crippen LogP contribution is 2.29. The summed E-state index contributed by atoms with van der Waals surface area (Å²) in [5.41, 5.74) is 3.51. The minimum Gasteiger partial charge on any atom is -0.346 e. The predicted molar refractivity (Wildman–Crippen MR) is 128 cm³/mol. The number of benzene rings is 3. The lowest BCUT2D eigenvalue weighted by Gasteiger charge is -2.25. The van der Waals surface area contributed by atoms with Crippen molar-refractivity contribution in [2.24, 2.45) is 0 Å². The van der Waals surface area contributed by atoms with Gasteiger partial charge in [-0.15, -0.1) is 0 Å². The van der Waals surface area contributed by atoms with Gasteiger partial charge in [0.15, 0.2) is 0 Å². The van der Waals surface area contributed by atoms with Gasteiger partial charge >= 0.3 is 0 Å². The first-order valence-electron chi connectivity index (χ1n) is 10.4. The molecule has 0 saturated carbocycles. The summed E-state index contributed by atoms with van der Waals surface area (Å²) in [6, 6.07) is 21.2. The van der Waals surface area contributed by atoms with Crippen molar-refractivity contribution in [2.45, 2.75) is 30.2 Å². The maximum absolute atomic E-state index is 12.6. The summed E-state index contributed by atoms with van der Waals surface area (Å²) in [6.07, 6.45) is 6.15. The molecule has 1 atom stereocenters. The highest BCUT2D eigenvalue weighted by molar-refractivity contribution is 7.92. The number of nitrogens with one attached hydrogen (secondary N) is 2. The van der Waals surface area contributed by atoms with Crippen LogP contribution in [0.2, 0.25) is 5.02 Å². The molecule has 3 aromatic carbocycles. The second-order valence-electron chi connectivity index (χ2n) is 7.64. The Hall–Kier alpha value is -3.09. The van der Waals surface area contributed by atoms with E-state index < -0.39 is 10.0 Å². The van der Waals surface area contributed by atoms with Crippen LogP contribution in [0, 0.1) is 0 Å². The van der Waals surface area contributed by atoms with Crippen molar-refractivity contribution in [3.05, 3.63) is 101 Å². The molecule has 164 valence electrons. The monoisotopic (exact) mass is 466 g/mol. The molecule has 2 N–H and O–H groups in total. The van der Waals surface area contributed by atoms with Crippen molar-refractivity contribution in [1.82, 2.24) is 5.32 Å². The lowest BCUT2D eigenvalue weighted by atomic mass is 9.88. The number of para-hydroxylation sites is 1. The number of fused-ring (bicyclic) bond motifs is 1. The van der Waals surface area contributed by atoms with Crippen LogP contribution in [-0.4, -0.2) is 14.3 Å². The molecule has 3 aromatic rings. The van der Waals surface area contributed by atoms with E-state index in [2.05, 4.69) is 22.2 Å². The second kappa shape index (κ2) is 9.59. The average Bonchev–Trinajstić information content (AvgIpc) is 2.80. The lowest BCUT2D eigenvalue weighted by molar-refractivity contribution is -0.117. The van der Waals surface area contributed by atoms with Gasteiger partial charge in [-0.2, -0.15) is 0 Å². The summed E-state index contributed by atoms with van der Waals surface area (Å²) in [6.45, 7) is 0. The summed E-state index contributed by atoms with van der Waals surface area (Å²) in [5.74, 6) is -0.177. The van der Waals surface area contributed by atoms with Gasteiger partial charge in [-0.3, -0.25) is 9.52 Å². The van der Waals surface area contributed by atoms with E-state index in [-0.39, 0.29) is 16.8 Å². The number of aryl methyl sites for hydroxylation is 1. The van der Waals surface area contributed by atoms with Gasteiger partial charge < -0.3 is 5.32 Å². The van der Waals surface area contributed by atoms with E-state index in [1.54, 1.807) is 42.5 Å². The predicted octanol–water partition coefficient (Wildman–Crippen LogP) is 5.35. The molecule has 0 bridgehead atoms. The smallest absolute Gasteiger partial charge is 0.261 e. The van der Waals surface area contributed by atoms with Gasteiger partial charge in [-0.1, -0.05) is 60.1 Å². The molecule has 0 unspecified atom stereocenters. The van der Waals surface area contributed by atoms with Crippen LogP contribution >= 0.6 is 11.6 Å². The number of hydrogen-bond acceptors (Lipinski definition) is 3. The number of carbonyl (C=O) groups excluding carboxylic acids is 1. The quantitative estimate of drug-likeness (QED) is 0.481. The van der Waals surface area contributed by atoms with Gasteiger partial charge in [-0.25, -0.2) is 8.42 Å². The molecular weight excluding hydrogens is 444 g/mol. The fourth-order valence-corrected chi connectivity index (χ4v) is 5.12. The number of hydrogen-bond donors (Lipinski definition) is 2. The largest absolute Gasteiger partial charge is 0.346 e. The molecule has 1 aliphatic carbocycles. The van der Waals surface area contributed by atoms with Gasteiger partial charge in [0.1, 0.15) is 0 Å². The molecule has 0 saturated heterocycles. The Morgan fingerprint density at radius 1 is 0.969 bits per heavy atom. The molecule has 0 radical (unpaired) electrons. The minimum absolute atomic E-state index is 0.0144. The number of anilines is 1. The van der Waals surface area contributed by atoms with Crippen LogP contribution in [-0.2, 0) is 21.2 Å². The van der Waals surface area contributed by atoms with Crippen molar-refractivity contribution in [3.63, 3.8) is 0 Å². The van der Waals surface area contributed by atoms with Crippen LogP contribution in [0.3, 0.4) is 0 Å². The third-order valence-electron chi connectivity index (χ3n) is 5.42. The van der Waals surface area contributed by atoms with Crippen molar-refractivity contribution in [1.29, 1.82) is 0 Å². The number of rotatable bonds is 6. The van der Waals surface area contributed by atoms with Crippen LogP contribution in [0.25, 0.3) is 6.08 Å². The van der Waals surface area contributed by atoms with Crippen LogP contribution in [0.1, 0.15) is 35.6 Å². The lowest BCUT2D eigenvalue weighted by Crippen LogP contribution is -2.29. The van der Waals surface area contributed by atoms with E-state index in [0.29, 0.717) is 10.7 Å². The van der Waals surface area contributed by atoms with Crippen molar-refractivity contribution in [2.75, 3.05) is 4.72 Å². The van der Waals surface area contributed by atoms with Crippen molar-refractivity contribution >= 4 is 39.3 Å². The van der Waals surface area contributed by atoms with Crippen molar-refractivity contribution < 1.29 is 13.2 Å². The van der Waals surface area contributed by atoms with Crippen LogP contribution < -0.4 is 10.0 Å². The summed E-state index contributed by atoms with van der Waals surface area (Å²) in [7, 11) is -3.77. The van der Waals surface area contributed by atoms with Crippen molar-refractivity contribution in [3.8, 4) is 0 Å². The standard InChI is InChI=1S/C25H23ClN2O3S/c26-22-9-3-4-10-24(22)28-32(30,31)20-15-12-18(13-16-20)14-17-25(29)27-23-11-5-7-19-6-1-2-8-21(19)23/h1-4,6,8-10,12-17,23,28H,5,7,11H2,(H,27,29)/b17-14+/t23-/m0/s1. The van der Waals surface area contributed by atoms with Crippen LogP contribution in [0.15, 0.2) is 83.8 Å². The highest BCUT2D eigenvalue weighted by atomic mass is 35.5. The van der Waals surface area contributed by atoms with Gasteiger partial charge in [0.25, 0.3) is 10.0 Å². The van der Waals surface area contributed by atoms with E-state index >= 15 is 0 Å². The molecular formula is C25H23ClN2O3S. The first-order valence-corrected chi connectivity index (χ1v) is 12.2. The molecule has 5 nitrogen and oxygen atoms in total. The Morgan fingerprint density at radius 3 is 2.47 bits per heavy atom. The zero-order valence-corrected chi connectivity index (χ0v) is 18.9. The minimum atomic E-state index is -3.77. The van der Waals surface area contributed by atoms with Crippen LogP contribution in [0.5, 0.6) is 0 Å². The third kappa shape index (κ3) is 5.21. The number of amides is 1. The SMILES string of the molecule is O=C(/C=C/c1ccc(S(=O)(=O)Nc2ccccc2Cl)cc1)N[C@H]1CCCc2ccccc21. The molecule has 0 heterocycles. The van der Waals surface area contributed by atoms with E-state index in [9.17, 15) is 13.2 Å². The Labute approximate surface area is 193 Å². The second-order valence-corrected chi connectivity index (χ2v) is 9.73. The summed E-state index contributed by atoms with van der Waals surface area (Å²) >= 11 is 6.04. The maximum atomic E-state index is 12.6. The first kappa shape index (κ1) is 22.1. The Balaban J connectivity index is 1.40. The molecule has 1 aliphatic rings. The molecule has 0 fully saturated rings. The maximum Gasteiger partial charge on any atom is 0.261 e. The van der Waals surface area contributed by atoms with Gasteiger partial charge in [0.2, 0.25) is 5.91 Å². The van der Waals surface area contributed by atoms with Gasteiger partial charge in [-0.05, 0) is 66.3 Å². The fourth-order valence-electron chi connectivity index (χ4n) is 3.80. The fraction of sp³-hybridized carbons (Fsp3) is 0.160. The van der Waals surface area contributed by atoms with Crippen LogP contribution in [0.4, 0.5) is 5.69 Å². The average molecular weight is 467 g/mol. The number of carbonyl (C=O) groups is 1. The summed E-state index contributed by atoms with van der Waals surface area (Å²) in [4.78, 5) is 12.5. The van der Waals surface area contributed by atoms with Gasteiger partial charge in [0.05, 0.1) is 21.6 Å². The topological polar surface area (TPSA) is 75.3 Å². The van der Waals surface area contributed by atoms with E-state index in [1.807, 2.05) is 12.1 Å². The Kier molecular flexibility index (Phi) is 6.63. The Bertz CT molecular complexity index is 1250. The summed E-state index contributed by atoms with van der Waals surface area (Å²) < 4.78 is 27.7. The van der Waals surface area contributed by atoms with E-state index in [4.69, 9.17) is 11.6 Å². The number of halogens is 1. The normalized spacial score (nSPS) is 15.8. The molecule has 4 rings (SSSR count). The molecule has 0 spiro atoms. The zero-order chi connectivity index (χ0) is 22.6. The van der Waals surface area contributed by atoms with E-state index in [0.717, 1.165) is 24.8 Å². The van der Waals surface area contributed by atoms with Gasteiger partial charge in [0, 0.05) is 6.08 Å². The number of sulfonamides is 1. The summed E-state index contributed by atoms with van der Waals surface area (Å²) in [5, 5.41) is 3.39. The molecule has 7 heteroatoms.